The highest BCUT2D eigenvalue weighted by molar-refractivity contribution is 5.56. The SMILES string of the molecule is CCNCc1ccc(N(CC)CC(C)C)c(C(F)(F)F)c1. The predicted octanol–water partition coefficient (Wildman–Crippen LogP) is 4.30. The molecule has 1 aromatic rings. The molecule has 0 aliphatic rings. The molecule has 0 amide bonds. The molecule has 0 spiro atoms. The number of benzene rings is 1. The second kappa shape index (κ2) is 7.69. The Morgan fingerprint density at radius 3 is 2.33 bits per heavy atom. The summed E-state index contributed by atoms with van der Waals surface area (Å²) < 4.78 is 40.0. The molecule has 0 fully saturated rings. The van der Waals surface area contributed by atoms with Crippen LogP contribution in [0.2, 0.25) is 0 Å². The first-order chi connectivity index (χ1) is 9.79. The minimum Gasteiger partial charge on any atom is -0.371 e. The Kier molecular flexibility index (Phi) is 6.52. The van der Waals surface area contributed by atoms with Crippen molar-refractivity contribution < 1.29 is 13.2 Å². The Morgan fingerprint density at radius 2 is 1.86 bits per heavy atom. The van der Waals surface area contributed by atoms with Gasteiger partial charge in [0.25, 0.3) is 0 Å². The Bertz CT molecular complexity index is 442. The average molecular weight is 302 g/mol. The summed E-state index contributed by atoms with van der Waals surface area (Å²) in [7, 11) is 0. The van der Waals surface area contributed by atoms with Gasteiger partial charge in [-0.15, -0.1) is 0 Å². The highest BCUT2D eigenvalue weighted by Gasteiger charge is 2.35. The Labute approximate surface area is 125 Å². The Hall–Kier alpha value is -1.23. The number of halogens is 3. The van der Waals surface area contributed by atoms with Crippen LogP contribution >= 0.6 is 0 Å². The van der Waals surface area contributed by atoms with Crippen molar-refractivity contribution in [2.75, 3.05) is 24.5 Å². The molecule has 0 bridgehead atoms. The van der Waals surface area contributed by atoms with Crippen LogP contribution in [0.15, 0.2) is 18.2 Å². The molecular formula is C16H25F3N2. The van der Waals surface area contributed by atoms with E-state index in [4.69, 9.17) is 0 Å². The van der Waals surface area contributed by atoms with Crippen LogP contribution in [-0.4, -0.2) is 19.6 Å². The minimum atomic E-state index is -4.33. The molecule has 2 nitrogen and oxygen atoms in total. The number of hydrogen-bond donors (Lipinski definition) is 1. The third-order valence-corrected chi connectivity index (χ3v) is 3.25. The van der Waals surface area contributed by atoms with Crippen LogP contribution in [0.5, 0.6) is 0 Å². The second-order valence-electron chi connectivity index (χ2n) is 5.56. The second-order valence-corrected chi connectivity index (χ2v) is 5.56. The lowest BCUT2D eigenvalue weighted by Gasteiger charge is -2.28. The highest BCUT2D eigenvalue weighted by atomic mass is 19.4. The van der Waals surface area contributed by atoms with Gasteiger partial charge in [-0.2, -0.15) is 13.2 Å². The fourth-order valence-corrected chi connectivity index (χ4v) is 2.30. The van der Waals surface area contributed by atoms with Crippen LogP contribution < -0.4 is 10.2 Å². The lowest BCUT2D eigenvalue weighted by atomic mass is 10.1. The van der Waals surface area contributed by atoms with Crippen LogP contribution in [-0.2, 0) is 12.7 Å². The summed E-state index contributed by atoms with van der Waals surface area (Å²) >= 11 is 0. The van der Waals surface area contributed by atoms with E-state index in [0.717, 1.165) is 6.54 Å². The molecule has 5 heteroatoms. The van der Waals surface area contributed by atoms with E-state index in [-0.39, 0.29) is 5.69 Å². The van der Waals surface area contributed by atoms with Gasteiger partial charge < -0.3 is 10.2 Å². The van der Waals surface area contributed by atoms with E-state index in [2.05, 4.69) is 5.32 Å². The minimum absolute atomic E-state index is 0.277. The summed E-state index contributed by atoms with van der Waals surface area (Å²) in [5, 5.41) is 3.06. The van der Waals surface area contributed by atoms with Crippen molar-refractivity contribution in [2.45, 2.75) is 40.4 Å². The number of nitrogens with zero attached hydrogens (tertiary/aromatic N) is 1. The summed E-state index contributed by atoms with van der Waals surface area (Å²) in [6, 6.07) is 4.64. The fourth-order valence-electron chi connectivity index (χ4n) is 2.30. The quantitative estimate of drug-likeness (QED) is 0.808. The number of rotatable bonds is 7. The lowest BCUT2D eigenvalue weighted by Crippen LogP contribution is -2.29. The first-order valence-electron chi connectivity index (χ1n) is 7.45. The van der Waals surface area contributed by atoms with E-state index in [1.165, 1.54) is 6.07 Å². The fraction of sp³-hybridized carbons (Fsp3) is 0.625. The molecule has 0 aliphatic heterocycles. The molecule has 0 unspecified atom stereocenters. The van der Waals surface area contributed by atoms with Crippen LogP contribution in [0, 0.1) is 5.92 Å². The number of anilines is 1. The van der Waals surface area contributed by atoms with E-state index >= 15 is 0 Å². The maximum Gasteiger partial charge on any atom is 0.418 e. The number of hydrogen-bond acceptors (Lipinski definition) is 2. The van der Waals surface area contributed by atoms with E-state index in [0.29, 0.717) is 31.1 Å². The zero-order valence-corrected chi connectivity index (χ0v) is 13.2. The molecular weight excluding hydrogens is 277 g/mol. The van der Waals surface area contributed by atoms with Crippen molar-refractivity contribution in [1.29, 1.82) is 0 Å². The molecule has 1 rings (SSSR count). The van der Waals surface area contributed by atoms with Crippen molar-refractivity contribution in [1.82, 2.24) is 5.32 Å². The molecule has 0 aromatic heterocycles. The van der Waals surface area contributed by atoms with Crippen molar-refractivity contribution in [3.05, 3.63) is 29.3 Å². The van der Waals surface area contributed by atoms with Crippen LogP contribution in [0.1, 0.15) is 38.8 Å². The molecule has 0 saturated carbocycles. The first-order valence-corrected chi connectivity index (χ1v) is 7.45. The lowest BCUT2D eigenvalue weighted by molar-refractivity contribution is -0.137. The van der Waals surface area contributed by atoms with Crippen molar-refractivity contribution >= 4 is 5.69 Å². The van der Waals surface area contributed by atoms with E-state index in [9.17, 15) is 13.2 Å². The topological polar surface area (TPSA) is 15.3 Å². The van der Waals surface area contributed by atoms with Crippen molar-refractivity contribution in [2.24, 2.45) is 5.92 Å². The normalized spacial score (nSPS) is 12.0. The largest absolute Gasteiger partial charge is 0.418 e. The van der Waals surface area contributed by atoms with Gasteiger partial charge in [0.2, 0.25) is 0 Å². The van der Waals surface area contributed by atoms with Crippen LogP contribution in [0.25, 0.3) is 0 Å². The molecule has 120 valence electrons. The Balaban J connectivity index is 3.17. The van der Waals surface area contributed by atoms with E-state index in [1.54, 1.807) is 17.0 Å². The predicted molar refractivity (Wildman–Crippen MR) is 81.5 cm³/mol. The maximum atomic E-state index is 13.3. The van der Waals surface area contributed by atoms with Gasteiger partial charge in [-0.25, -0.2) is 0 Å². The first kappa shape index (κ1) is 17.8. The number of nitrogens with one attached hydrogen (secondary N) is 1. The van der Waals surface area contributed by atoms with Crippen LogP contribution in [0.4, 0.5) is 18.9 Å². The standard InChI is InChI=1S/C16H25F3N2/c1-5-20-10-13-7-8-15(14(9-13)16(17,18)19)21(6-2)11-12(3)4/h7-9,12,20H,5-6,10-11H2,1-4H3. The molecule has 1 N–H and O–H groups in total. The van der Waals surface area contributed by atoms with Gasteiger partial charge in [-0.05, 0) is 37.1 Å². The molecule has 21 heavy (non-hydrogen) atoms. The van der Waals surface area contributed by atoms with Crippen molar-refractivity contribution in [3.63, 3.8) is 0 Å². The third kappa shape index (κ3) is 5.23. The highest BCUT2D eigenvalue weighted by Crippen LogP contribution is 2.37. The van der Waals surface area contributed by atoms with Gasteiger partial charge in [0.1, 0.15) is 0 Å². The van der Waals surface area contributed by atoms with Crippen LogP contribution in [0.3, 0.4) is 0 Å². The maximum absolute atomic E-state index is 13.3. The van der Waals surface area contributed by atoms with Gasteiger partial charge in [0.15, 0.2) is 0 Å². The average Bonchev–Trinajstić information content (AvgIpc) is 2.41. The van der Waals surface area contributed by atoms with Gasteiger partial charge in [-0.1, -0.05) is 26.8 Å². The molecule has 0 saturated heterocycles. The zero-order valence-electron chi connectivity index (χ0n) is 13.2. The molecule has 0 radical (unpaired) electrons. The van der Waals surface area contributed by atoms with Gasteiger partial charge in [0, 0.05) is 25.3 Å². The number of alkyl halides is 3. The van der Waals surface area contributed by atoms with E-state index < -0.39 is 11.7 Å². The molecule has 1 aromatic carbocycles. The molecule has 0 heterocycles. The van der Waals surface area contributed by atoms with Gasteiger partial charge in [0.05, 0.1) is 5.56 Å². The third-order valence-electron chi connectivity index (χ3n) is 3.25. The molecule has 0 aliphatic carbocycles. The smallest absolute Gasteiger partial charge is 0.371 e. The Morgan fingerprint density at radius 1 is 1.19 bits per heavy atom. The summed E-state index contributed by atoms with van der Waals surface area (Å²) in [5.74, 6) is 0.312. The summed E-state index contributed by atoms with van der Waals surface area (Å²) in [4.78, 5) is 1.80. The van der Waals surface area contributed by atoms with Crippen molar-refractivity contribution in [3.8, 4) is 0 Å². The summed E-state index contributed by atoms with van der Waals surface area (Å²) in [5.41, 5.74) is 0.396. The summed E-state index contributed by atoms with van der Waals surface area (Å²) in [6.07, 6.45) is -4.33. The molecule has 0 atom stereocenters. The van der Waals surface area contributed by atoms with E-state index in [1.807, 2.05) is 27.7 Å². The van der Waals surface area contributed by atoms with Gasteiger partial charge in [-0.3, -0.25) is 0 Å². The summed E-state index contributed by atoms with van der Waals surface area (Å²) in [6.45, 7) is 10.2. The monoisotopic (exact) mass is 302 g/mol. The zero-order chi connectivity index (χ0) is 16.0. The van der Waals surface area contributed by atoms with Gasteiger partial charge >= 0.3 is 6.18 Å².